The van der Waals surface area contributed by atoms with Gasteiger partial charge in [0.15, 0.2) is 0 Å². The second-order valence-electron chi connectivity index (χ2n) is 5.66. The molecular weight excluding hydrogens is 222 g/mol. The van der Waals surface area contributed by atoms with E-state index in [1.165, 1.54) is 5.56 Å². The first-order valence-electron chi connectivity index (χ1n) is 6.13. The molecule has 0 heterocycles. The molecule has 0 amide bonds. The first kappa shape index (κ1) is 12.7. The van der Waals surface area contributed by atoms with Gasteiger partial charge in [0.2, 0.25) is 0 Å². The molecule has 0 aliphatic carbocycles. The number of phenolic OH excluding ortho intramolecular Hbond substituents is 1. The van der Waals surface area contributed by atoms with Crippen LogP contribution >= 0.6 is 0 Å². The molecule has 0 atom stereocenters. The summed E-state index contributed by atoms with van der Waals surface area (Å²) < 4.78 is 0.797. The molecule has 0 aliphatic heterocycles. The maximum absolute atomic E-state index is 9.94. The minimum atomic E-state index is 0.378. The zero-order valence-corrected chi connectivity index (χ0v) is 11.2. The molecule has 0 saturated carbocycles. The van der Waals surface area contributed by atoms with Crippen molar-refractivity contribution in [2.75, 3.05) is 21.1 Å². The molecular formula is C16H20NO+. The lowest BCUT2D eigenvalue weighted by Gasteiger charge is -2.24. The third-order valence-corrected chi connectivity index (χ3v) is 2.83. The van der Waals surface area contributed by atoms with Gasteiger partial charge in [-0.05, 0) is 23.3 Å². The molecule has 0 aliphatic rings. The van der Waals surface area contributed by atoms with Crippen molar-refractivity contribution in [3.05, 3.63) is 54.1 Å². The van der Waals surface area contributed by atoms with Crippen LogP contribution in [0.3, 0.4) is 0 Å². The molecule has 0 saturated heterocycles. The standard InChI is InChI=1S/C16H19NO/c1-17(2,3)12-15-11-14(9-10-16(15)18)13-7-5-4-6-8-13/h4-11H,12H2,1-3H3/p+1. The Kier molecular flexibility index (Phi) is 3.39. The molecule has 0 fully saturated rings. The molecule has 2 aromatic carbocycles. The molecule has 2 rings (SSSR count). The Morgan fingerprint density at radius 1 is 0.889 bits per heavy atom. The number of hydrogen-bond donors (Lipinski definition) is 1. The van der Waals surface area contributed by atoms with Crippen molar-refractivity contribution in [3.8, 4) is 16.9 Å². The number of nitrogens with zero attached hydrogens (tertiary/aromatic N) is 1. The minimum absolute atomic E-state index is 0.378. The molecule has 0 aromatic heterocycles. The van der Waals surface area contributed by atoms with E-state index >= 15 is 0 Å². The molecule has 0 spiro atoms. The Hall–Kier alpha value is -1.80. The van der Waals surface area contributed by atoms with Crippen LogP contribution in [0.1, 0.15) is 5.56 Å². The lowest BCUT2D eigenvalue weighted by atomic mass is 10.0. The monoisotopic (exact) mass is 242 g/mol. The molecule has 94 valence electrons. The fourth-order valence-corrected chi connectivity index (χ4v) is 2.03. The summed E-state index contributed by atoms with van der Waals surface area (Å²) in [6.45, 7) is 0.812. The number of phenols is 1. The largest absolute Gasteiger partial charge is 0.507 e. The van der Waals surface area contributed by atoms with Crippen molar-refractivity contribution < 1.29 is 9.59 Å². The first-order chi connectivity index (χ1) is 8.46. The number of hydrogen-bond acceptors (Lipinski definition) is 1. The zero-order valence-electron chi connectivity index (χ0n) is 11.2. The minimum Gasteiger partial charge on any atom is -0.507 e. The van der Waals surface area contributed by atoms with Crippen LogP contribution in [0.2, 0.25) is 0 Å². The van der Waals surface area contributed by atoms with Gasteiger partial charge in [-0.15, -0.1) is 0 Å². The van der Waals surface area contributed by atoms with Crippen LogP contribution in [0, 0.1) is 0 Å². The highest BCUT2D eigenvalue weighted by Gasteiger charge is 2.13. The Morgan fingerprint density at radius 3 is 2.17 bits per heavy atom. The zero-order chi connectivity index (χ0) is 13.2. The molecule has 2 nitrogen and oxygen atoms in total. The SMILES string of the molecule is C[N+](C)(C)Cc1cc(-c2ccccc2)ccc1O. The fraction of sp³-hybridized carbons (Fsp3) is 0.250. The van der Waals surface area contributed by atoms with Crippen molar-refractivity contribution in [1.82, 2.24) is 0 Å². The van der Waals surface area contributed by atoms with Crippen LogP contribution in [0.4, 0.5) is 0 Å². The molecule has 1 N–H and O–H groups in total. The van der Waals surface area contributed by atoms with E-state index in [4.69, 9.17) is 0 Å². The van der Waals surface area contributed by atoms with E-state index in [0.29, 0.717) is 5.75 Å². The first-order valence-corrected chi connectivity index (χ1v) is 6.13. The van der Waals surface area contributed by atoms with Crippen molar-refractivity contribution in [1.29, 1.82) is 0 Å². The van der Waals surface area contributed by atoms with Crippen molar-refractivity contribution in [2.45, 2.75) is 6.54 Å². The van der Waals surface area contributed by atoms with Crippen molar-refractivity contribution in [3.63, 3.8) is 0 Å². The topological polar surface area (TPSA) is 20.2 Å². The van der Waals surface area contributed by atoms with E-state index in [9.17, 15) is 5.11 Å². The lowest BCUT2D eigenvalue weighted by Crippen LogP contribution is -2.33. The average molecular weight is 242 g/mol. The fourth-order valence-electron chi connectivity index (χ4n) is 2.03. The maximum atomic E-state index is 9.94. The predicted molar refractivity (Wildman–Crippen MR) is 75.3 cm³/mol. The van der Waals surface area contributed by atoms with Gasteiger partial charge in [0, 0.05) is 5.56 Å². The lowest BCUT2D eigenvalue weighted by molar-refractivity contribution is -0.884. The summed E-state index contributed by atoms with van der Waals surface area (Å²) in [5.74, 6) is 0.378. The Bertz CT molecular complexity index is 527. The molecule has 2 aromatic rings. The average Bonchev–Trinajstić information content (AvgIpc) is 2.31. The predicted octanol–water partition coefficient (Wildman–Crippen LogP) is 3.27. The summed E-state index contributed by atoms with van der Waals surface area (Å²) in [5, 5.41) is 9.94. The number of rotatable bonds is 3. The highest BCUT2D eigenvalue weighted by atomic mass is 16.3. The van der Waals surface area contributed by atoms with Crippen molar-refractivity contribution >= 4 is 0 Å². The maximum Gasteiger partial charge on any atom is 0.124 e. The van der Waals surface area contributed by atoms with E-state index in [0.717, 1.165) is 22.2 Å². The second-order valence-corrected chi connectivity index (χ2v) is 5.66. The van der Waals surface area contributed by atoms with Gasteiger partial charge in [0.25, 0.3) is 0 Å². The Morgan fingerprint density at radius 2 is 1.56 bits per heavy atom. The van der Waals surface area contributed by atoms with Gasteiger partial charge in [-0.3, -0.25) is 0 Å². The van der Waals surface area contributed by atoms with E-state index in [1.54, 1.807) is 6.07 Å². The van der Waals surface area contributed by atoms with E-state index in [-0.39, 0.29) is 0 Å². The van der Waals surface area contributed by atoms with Crippen LogP contribution in [0.5, 0.6) is 5.75 Å². The van der Waals surface area contributed by atoms with Gasteiger partial charge < -0.3 is 9.59 Å². The van der Waals surface area contributed by atoms with Crippen LogP contribution in [0.15, 0.2) is 48.5 Å². The summed E-state index contributed by atoms with van der Waals surface area (Å²) in [4.78, 5) is 0. The summed E-state index contributed by atoms with van der Waals surface area (Å²) >= 11 is 0. The number of benzene rings is 2. The molecule has 0 unspecified atom stereocenters. The Labute approximate surface area is 109 Å². The Balaban J connectivity index is 2.38. The highest BCUT2D eigenvalue weighted by Crippen LogP contribution is 2.27. The molecule has 18 heavy (non-hydrogen) atoms. The molecule has 0 bridgehead atoms. The van der Waals surface area contributed by atoms with Gasteiger partial charge >= 0.3 is 0 Å². The quantitative estimate of drug-likeness (QED) is 0.819. The third kappa shape index (κ3) is 3.11. The van der Waals surface area contributed by atoms with E-state index < -0.39 is 0 Å². The van der Waals surface area contributed by atoms with E-state index in [1.807, 2.05) is 24.3 Å². The van der Waals surface area contributed by atoms with Crippen LogP contribution in [0.25, 0.3) is 11.1 Å². The van der Waals surface area contributed by atoms with Gasteiger partial charge in [0.05, 0.1) is 21.1 Å². The molecule has 0 radical (unpaired) electrons. The summed E-state index contributed by atoms with van der Waals surface area (Å²) in [7, 11) is 6.36. The van der Waals surface area contributed by atoms with Crippen LogP contribution < -0.4 is 0 Å². The van der Waals surface area contributed by atoms with Gasteiger partial charge in [-0.25, -0.2) is 0 Å². The third-order valence-electron chi connectivity index (χ3n) is 2.83. The number of quaternary nitrogens is 1. The summed E-state index contributed by atoms with van der Waals surface area (Å²) in [6, 6.07) is 16.1. The summed E-state index contributed by atoms with van der Waals surface area (Å²) in [5.41, 5.74) is 3.32. The van der Waals surface area contributed by atoms with Crippen LogP contribution in [-0.4, -0.2) is 30.7 Å². The summed E-state index contributed by atoms with van der Waals surface area (Å²) in [6.07, 6.45) is 0. The van der Waals surface area contributed by atoms with Gasteiger partial charge in [0.1, 0.15) is 12.3 Å². The second kappa shape index (κ2) is 4.83. The normalized spacial score (nSPS) is 11.5. The molecule has 2 heteroatoms. The van der Waals surface area contributed by atoms with Crippen molar-refractivity contribution in [2.24, 2.45) is 0 Å². The highest BCUT2D eigenvalue weighted by molar-refractivity contribution is 5.65. The van der Waals surface area contributed by atoms with Crippen LogP contribution in [-0.2, 0) is 6.54 Å². The number of aromatic hydroxyl groups is 1. The smallest absolute Gasteiger partial charge is 0.124 e. The van der Waals surface area contributed by atoms with Gasteiger partial charge in [-0.2, -0.15) is 0 Å². The van der Waals surface area contributed by atoms with Gasteiger partial charge in [-0.1, -0.05) is 36.4 Å². The van der Waals surface area contributed by atoms with E-state index in [2.05, 4.69) is 39.3 Å².